The van der Waals surface area contributed by atoms with Crippen LogP contribution in [-0.4, -0.2) is 78.2 Å². The first-order valence-electron chi connectivity index (χ1n) is 11.6. The van der Waals surface area contributed by atoms with E-state index in [0.717, 1.165) is 12.1 Å². The minimum atomic E-state index is -2.61. The van der Waals surface area contributed by atoms with E-state index in [1.54, 1.807) is 25.1 Å². The van der Waals surface area contributed by atoms with Crippen LogP contribution in [0, 0.1) is 6.92 Å². The second-order valence-corrected chi connectivity index (χ2v) is 9.36. The van der Waals surface area contributed by atoms with Crippen molar-refractivity contribution >= 4 is 11.8 Å². The molecule has 3 aromatic carbocycles. The number of carbonyl (C=O) groups is 2. The number of hydrogen-bond donors (Lipinski definition) is 7. The van der Waals surface area contributed by atoms with Crippen molar-refractivity contribution in [2.45, 2.75) is 43.2 Å². The maximum Gasteiger partial charge on any atom is 0.340 e. The summed E-state index contributed by atoms with van der Waals surface area (Å²) in [5.74, 6) is -3.64. The standard InChI is InChI=1S/C27H24O11/c1-11-7-14-18(16(29)8-11)20(31)19-15(9-13(28)10-17(19)30)27(14,36)24-22(33)21(32)23(34)26(37-24)38-25(35)12-5-3-2-4-6-12/h2-10,21-24,26,28-30,32-34,36H,1H3/t21-,22-,23-,24+,26-,27-/m0/s1. The van der Waals surface area contributed by atoms with Gasteiger partial charge in [-0.15, -0.1) is 0 Å². The van der Waals surface area contributed by atoms with Crippen LogP contribution in [0.4, 0.5) is 0 Å². The van der Waals surface area contributed by atoms with Crippen LogP contribution in [0.1, 0.15) is 43.0 Å². The first kappa shape index (κ1) is 25.6. The average molecular weight is 524 g/mol. The fourth-order valence-electron chi connectivity index (χ4n) is 5.07. The van der Waals surface area contributed by atoms with Gasteiger partial charge in [0, 0.05) is 17.2 Å². The number of aliphatic hydroxyl groups is 4. The highest BCUT2D eigenvalue weighted by atomic mass is 16.7. The number of ketones is 1. The van der Waals surface area contributed by atoms with E-state index in [1.165, 1.54) is 24.3 Å². The van der Waals surface area contributed by atoms with Crippen LogP contribution >= 0.6 is 0 Å². The van der Waals surface area contributed by atoms with Crippen LogP contribution in [0.5, 0.6) is 17.2 Å². The first-order chi connectivity index (χ1) is 17.9. The summed E-state index contributed by atoms with van der Waals surface area (Å²) >= 11 is 0. The highest BCUT2D eigenvalue weighted by molar-refractivity contribution is 6.16. The number of benzene rings is 3. The maximum atomic E-state index is 13.3. The van der Waals surface area contributed by atoms with E-state index in [0.29, 0.717) is 5.56 Å². The molecule has 11 nitrogen and oxygen atoms in total. The van der Waals surface area contributed by atoms with Crippen molar-refractivity contribution in [1.29, 1.82) is 0 Å². The van der Waals surface area contributed by atoms with Crippen molar-refractivity contribution in [3.63, 3.8) is 0 Å². The smallest absolute Gasteiger partial charge is 0.340 e. The molecule has 2 aliphatic rings. The Bertz CT molecular complexity index is 1370. The van der Waals surface area contributed by atoms with E-state index in [4.69, 9.17) is 9.47 Å². The number of ether oxygens (including phenoxy) is 2. The van der Waals surface area contributed by atoms with Gasteiger partial charge in [-0.1, -0.05) is 24.3 Å². The second kappa shape index (κ2) is 9.08. The predicted octanol–water partition coefficient (Wildman–Crippen LogP) is 0.557. The van der Waals surface area contributed by atoms with Gasteiger partial charge in [0.25, 0.3) is 0 Å². The molecular formula is C27H24O11. The summed E-state index contributed by atoms with van der Waals surface area (Å²) in [6.45, 7) is 1.56. The summed E-state index contributed by atoms with van der Waals surface area (Å²) in [7, 11) is 0. The van der Waals surface area contributed by atoms with Gasteiger partial charge in [0.15, 0.2) is 0 Å². The monoisotopic (exact) mass is 524 g/mol. The Hall–Kier alpha value is -4.00. The highest BCUT2D eigenvalue weighted by Crippen LogP contribution is 2.51. The average Bonchev–Trinajstić information content (AvgIpc) is 2.87. The summed E-state index contributed by atoms with van der Waals surface area (Å²) in [5.41, 5.74) is -3.72. The van der Waals surface area contributed by atoms with Gasteiger partial charge in [0.05, 0.1) is 16.7 Å². The Balaban J connectivity index is 1.67. The predicted molar refractivity (Wildman–Crippen MR) is 128 cm³/mol. The number of hydrogen-bond acceptors (Lipinski definition) is 11. The zero-order chi connectivity index (χ0) is 27.5. The van der Waals surface area contributed by atoms with Crippen LogP contribution in [-0.2, 0) is 15.1 Å². The number of rotatable bonds is 3. The number of carbonyl (C=O) groups excluding carboxylic acids is 2. The van der Waals surface area contributed by atoms with Gasteiger partial charge < -0.3 is 45.2 Å². The van der Waals surface area contributed by atoms with Crippen LogP contribution in [0.2, 0.25) is 0 Å². The van der Waals surface area contributed by atoms with Crippen molar-refractivity contribution in [1.82, 2.24) is 0 Å². The van der Waals surface area contributed by atoms with Crippen LogP contribution in [0.15, 0.2) is 54.6 Å². The topological polar surface area (TPSA) is 194 Å². The van der Waals surface area contributed by atoms with Gasteiger partial charge in [0.1, 0.15) is 47.3 Å². The zero-order valence-electron chi connectivity index (χ0n) is 19.8. The molecule has 7 N–H and O–H groups in total. The van der Waals surface area contributed by atoms with E-state index in [2.05, 4.69) is 0 Å². The molecule has 6 atom stereocenters. The third-order valence-electron chi connectivity index (χ3n) is 6.85. The molecular weight excluding hydrogens is 500 g/mol. The Kier molecular flexibility index (Phi) is 6.13. The molecule has 5 rings (SSSR count). The summed E-state index contributed by atoms with van der Waals surface area (Å²) < 4.78 is 11.0. The Morgan fingerprint density at radius 3 is 2.13 bits per heavy atom. The lowest BCUT2D eigenvalue weighted by Crippen LogP contribution is -2.65. The third kappa shape index (κ3) is 3.80. The molecule has 0 saturated carbocycles. The Morgan fingerprint density at radius 2 is 1.47 bits per heavy atom. The molecule has 0 radical (unpaired) electrons. The molecule has 0 unspecified atom stereocenters. The molecule has 11 heteroatoms. The van der Waals surface area contributed by atoms with Gasteiger partial charge in [-0.05, 0) is 36.8 Å². The summed E-state index contributed by atoms with van der Waals surface area (Å²) in [5, 5.41) is 75.8. The van der Waals surface area contributed by atoms with Crippen molar-refractivity contribution in [3.8, 4) is 17.2 Å². The molecule has 0 spiro atoms. The molecule has 198 valence electrons. The van der Waals surface area contributed by atoms with E-state index < -0.39 is 82.0 Å². The quantitative estimate of drug-likeness (QED) is 0.237. The van der Waals surface area contributed by atoms with E-state index >= 15 is 0 Å². The molecule has 0 amide bonds. The van der Waals surface area contributed by atoms with Gasteiger partial charge >= 0.3 is 5.97 Å². The highest BCUT2D eigenvalue weighted by Gasteiger charge is 2.59. The molecule has 1 saturated heterocycles. The number of phenols is 3. The SMILES string of the molecule is Cc1cc(O)c2c(c1)[C@@](O)([C@@H]1O[C@@H](OC(=O)c3ccccc3)[C@@H](O)[C@@H](O)[C@@H]1O)c1cc(O)cc(O)c1C2=O. The van der Waals surface area contributed by atoms with Crippen LogP contribution < -0.4 is 0 Å². The zero-order valence-corrected chi connectivity index (χ0v) is 19.8. The number of esters is 1. The number of fused-ring (bicyclic) bond motifs is 2. The van der Waals surface area contributed by atoms with Gasteiger partial charge in [-0.2, -0.15) is 0 Å². The lowest BCUT2D eigenvalue weighted by atomic mass is 9.68. The number of aryl methyl sites for hydroxylation is 1. The largest absolute Gasteiger partial charge is 0.508 e. The lowest BCUT2D eigenvalue weighted by molar-refractivity contribution is -0.308. The summed E-state index contributed by atoms with van der Waals surface area (Å²) in [6.07, 6.45) is -9.83. The van der Waals surface area contributed by atoms with Crippen LogP contribution in [0.3, 0.4) is 0 Å². The first-order valence-corrected chi connectivity index (χ1v) is 11.6. The molecule has 1 heterocycles. The fourth-order valence-corrected chi connectivity index (χ4v) is 5.07. The Morgan fingerprint density at radius 1 is 0.868 bits per heavy atom. The lowest BCUT2D eigenvalue weighted by Gasteiger charge is -2.48. The molecule has 3 aromatic rings. The molecule has 0 aromatic heterocycles. The van der Waals surface area contributed by atoms with Gasteiger partial charge in [0.2, 0.25) is 12.1 Å². The van der Waals surface area contributed by atoms with Crippen molar-refractivity contribution in [2.24, 2.45) is 0 Å². The van der Waals surface area contributed by atoms with Crippen molar-refractivity contribution < 1.29 is 54.8 Å². The van der Waals surface area contributed by atoms with Gasteiger partial charge in [-0.25, -0.2) is 4.79 Å². The van der Waals surface area contributed by atoms with Crippen molar-refractivity contribution in [2.75, 3.05) is 0 Å². The normalized spacial score (nSPS) is 28.3. The third-order valence-corrected chi connectivity index (χ3v) is 6.85. The van der Waals surface area contributed by atoms with E-state index in [1.807, 2.05) is 0 Å². The molecule has 1 fully saturated rings. The minimum absolute atomic E-state index is 0.0912. The Labute approximate surface area is 215 Å². The molecule has 38 heavy (non-hydrogen) atoms. The summed E-state index contributed by atoms with van der Waals surface area (Å²) in [6, 6.07) is 12.1. The van der Waals surface area contributed by atoms with E-state index in [-0.39, 0.29) is 11.1 Å². The molecule has 0 bridgehead atoms. The second-order valence-electron chi connectivity index (χ2n) is 9.36. The maximum absolute atomic E-state index is 13.3. The number of aliphatic hydroxyl groups excluding tert-OH is 3. The fraction of sp³-hybridized carbons (Fsp3) is 0.259. The molecule has 1 aliphatic carbocycles. The minimum Gasteiger partial charge on any atom is -0.508 e. The number of aromatic hydroxyl groups is 3. The van der Waals surface area contributed by atoms with Crippen molar-refractivity contribution in [3.05, 3.63) is 88.0 Å². The number of phenolic OH excluding ortho intramolecular Hbond substituents is 3. The molecule has 1 aliphatic heterocycles. The van der Waals surface area contributed by atoms with Crippen LogP contribution in [0.25, 0.3) is 0 Å². The van der Waals surface area contributed by atoms with E-state index in [9.17, 15) is 45.3 Å². The van der Waals surface area contributed by atoms with Gasteiger partial charge in [-0.3, -0.25) is 4.79 Å². The summed E-state index contributed by atoms with van der Waals surface area (Å²) in [4.78, 5) is 26.0.